The van der Waals surface area contributed by atoms with Crippen molar-refractivity contribution in [1.29, 1.82) is 0 Å². The van der Waals surface area contributed by atoms with Gasteiger partial charge in [-0.05, 0) is 60.4 Å². The minimum absolute atomic E-state index is 0.154. The molecule has 1 aromatic heterocycles. The number of carbonyl (C=O) groups is 1. The molecule has 4 rings (SSSR count). The molecule has 1 saturated carbocycles. The van der Waals surface area contributed by atoms with Gasteiger partial charge >= 0.3 is 6.03 Å². The molecular formula is C23H28N6O. The SMILES string of the molecule is Cc1cccc(C)c1-n1nnnc1C1(N(C)C(=O)Nc2ccccc2)CCCCC1. The number of hydrogen-bond acceptors (Lipinski definition) is 4. The van der Waals surface area contributed by atoms with Gasteiger partial charge in [0.25, 0.3) is 0 Å². The van der Waals surface area contributed by atoms with Crippen LogP contribution in [0.5, 0.6) is 0 Å². The Morgan fingerprint density at radius 1 is 1.00 bits per heavy atom. The topological polar surface area (TPSA) is 75.9 Å². The number of aryl methyl sites for hydroxylation is 2. The minimum Gasteiger partial charge on any atom is -0.315 e. The van der Waals surface area contributed by atoms with Crippen molar-refractivity contribution in [2.24, 2.45) is 0 Å². The van der Waals surface area contributed by atoms with Gasteiger partial charge in [-0.15, -0.1) is 5.10 Å². The van der Waals surface area contributed by atoms with Crippen LogP contribution in [0.3, 0.4) is 0 Å². The maximum atomic E-state index is 13.2. The molecule has 1 aliphatic rings. The lowest BCUT2D eigenvalue weighted by molar-refractivity contribution is 0.0936. The molecule has 3 aromatic rings. The summed E-state index contributed by atoms with van der Waals surface area (Å²) < 4.78 is 1.84. The maximum Gasteiger partial charge on any atom is 0.322 e. The van der Waals surface area contributed by atoms with Crippen LogP contribution in [0.15, 0.2) is 48.5 Å². The second-order valence-electron chi connectivity index (χ2n) is 8.10. The van der Waals surface area contributed by atoms with Crippen molar-refractivity contribution in [2.75, 3.05) is 12.4 Å². The monoisotopic (exact) mass is 404 g/mol. The van der Waals surface area contributed by atoms with E-state index >= 15 is 0 Å². The van der Waals surface area contributed by atoms with Crippen molar-refractivity contribution in [1.82, 2.24) is 25.1 Å². The highest BCUT2D eigenvalue weighted by molar-refractivity contribution is 5.89. The van der Waals surface area contributed by atoms with E-state index in [4.69, 9.17) is 0 Å². The van der Waals surface area contributed by atoms with E-state index in [1.807, 2.05) is 48.1 Å². The number of carbonyl (C=O) groups excluding carboxylic acids is 1. The normalized spacial score (nSPS) is 15.6. The van der Waals surface area contributed by atoms with E-state index in [2.05, 4.69) is 46.8 Å². The second kappa shape index (κ2) is 8.26. The molecule has 0 spiro atoms. The smallest absolute Gasteiger partial charge is 0.315 e. The number of rotatable bonds is 4. The fraction of sp³-hybridized carbons (Fsp3) is 0.391. The molecule has 0 saturated heterocycles. The van der Waals surface area contributed by atoms with Crippen molar-refractivity contribution >= 4 is 11.7 Å². The first-order valence-electron chi connectivity index (χ1n) is 10.5. The predicted molar refractivity (Wildman–Crippen MR) is 117 cm³/mol. The lowest BCUT2D eigenvalue weighted by Crippen LogP contribution is -2.51. The zero-order valence-electron chi connectivity index (χ0n) is 17.8. The molecule has 0 unspecified atom stereocenters. The summed E-state index contributed by atoms with van der Waals surface area (Å²) in [5.41, 5.74) is 3.40. The van der Waals surface area contributed by atoms with Gasteiger partial charge in [-0.25, -0.2) is 4.79 Å². The third kappa shape index (κ3) is 3.56. The highest BCUT2D eigenvalue weighted by atomic mass is 16.2. The highest BCUT2D eigenvalue weighted by Gasteiger charge is 2.45. The van der Waals surface area contributed by atoms with Crippen LogP contribution in [0.1, 0.15) is 49.1 Å². The van der Waals surface area contributed by atoms with Gasteiger partial charge in [0, 0.05) is 12.7 Å². The summed E-state index contributed by atoms with van der Waals surface area (Å²) in [7, 11) is 1.85. The van der Waals surface area contributed by atoms with Gasteiger partial charge in [0.2, 0.25) is 0 Å². The van der Waals surface area contributed by atoms with Crippen LogP contribution in [0.2, 0.25) is 0 Å². The van der Waals surface area contributed by atoms with Crippen molar-refractivity contribution in [3.8, 4) is 5.69 Å². The van der Waals surface area contributed by atoms with E-state index < -0.39 is 5.54 Å². The molecule has 1 aliphatic carbocycles. The highest BCUT2D eigenvalue weighted by Crippen LogP contribution is 2.41. The number of hydrogen-bond donors (Lipinski definition) is 1. The third-order valence-corrected chi connectivity index (χ3v) is 6.19. The molecule has 0 atom stereocenters. The van der Waals surface area contributed by atoms with Gasteiger partial charge in [-0.2, -0.15) is 4.68 Å². The number of para-hydroxylation sites is 2. The number of tetrazole rings is 1. The van der Waals surface area contributed by atoms with Crippen LogP contribution in [-0.2, 0) is 5.54 Å². The molecule has 0 aliphatic heterocycles. The molecule has 0 bridgehead atoms. The largest absolute Gasteiger partial charge is 0.322 e. The fourth-order valence-corrected chi connectivity index (χ4v) is 4.54. The van der Waals surface area contributed by atoms with E-state index in [0.717, 1.165) is 60.4 Å². The maximum absolute atomic E-state index is 13.2. The van der Waals surface area contributed by atoms with Crippen LogP contribution in [0.25, 0.3) is 5.69 Å². The molecule has 2 amide bonds. The van der Waals surface area contributed by atoms with E-state index in [9.17, 15) is 4.79 Å². The quantitative estimate of drug-likeness (QED) is 0.689. The number of amides is 2. The number of nitrogens with one attached hydrogen (secondary N) is 1. The van der Waals surface area contributed by atoms with E-state index in [1.165, 1.54) is 0 Å². The summed E-state index contributed by atoms with van der Waals surface area (Å²) in [6.07, 6.45) is 4.88. The van der Waals surface area contributed by atoms with E-state index in [-0.39, 0.29) is 6.03 Å². The van der Waals surface area contributed by atoms with E-state index in [0.29, 0.717) is 0 Å². The van der Waals surface area contributed by atoms with Crippen LogP contribution in [0.4, 0.5) is 10.5 Å². The predicted octanol–water partition coefficient (Wildman–Crippen LogP) is 4.60. The number of nitrogens with zero attached hydrogens (tertiary/aromatic N) is 5. The Morgan fingerprint density at radius 3 is 2.33 bits per heavy atom. The summed E-state index contributed by atoms with van der Waals surface area (Å²) >= 11 is 0. The summed E-state index contributed by atoms with van der Waals surface area (Å²) in [6.45, 7) is 4.13. The van der Waals surface area contributed by atoms with Gasteiger partial charge in [-0.1, -0.05) is 55.7 Å². The Morgan fingerprint density at radius 2 is 1.67 bits per heavy atom. The van der Waals surface area contributed by atoms with Crippen LogP contribution >= 0.6 is 0 Å². The standard InChI is InChI=1S/C23H28N6O/c1-17-11-10-12-18(2)20(17)29-21(25-26-27-29)23(15-8-5-9-16-23)28(3)22(30)24-19-13-6-4-7-14-19/h4,6-7,10-14H,5,8-9,15-16H2,1-3H3,(H,24,30). The number of urea groups is 1. The molecule has 7 heteroatoms. The van der Waals surface area contributed by atoms with E-state index in [1.54, 1.807) is 4.90 Å². The zero-order valence-corrected chi connectivity index (χ0v) is 17.8. The molecule has 0 radical (unpaired) electrons. The molecule has 1 N–H and O–H groups in total. The summed E-state index contributed by atoms with van der Waals surface area (Å²) in [5.74, 6) is 0.727. The average Bonchev–Trinajstić information content (AvgIpc) is 3.24. The molecule has 1 heterocycles. The Balaban J connectivity index is 1.75. The van der Waals surface area contributed by atoms with Gasteiger partial charge < -0.3 is 10.2 Å². The third-order valence-electron chi connectivity index (χ3n) is 6.19. The molecule has 7 nitrogen and oxygen atoms in total. The minimum atomic E-state index is -0.560. The molecule has 30 heavy (non-hydrogen) atoms. The second-order valence-corrected chi connectivity index (χ2v) is 8.10. The number of anilines is 1. The molecule has 156 valence electrons. The van der Waals surface area contributed by atoms with Crippen LogP contribution < -0.4 is 5.32 Å². The van der Waals surface area contributed by atoms with Crippen molar-refractivity contribution in [3.63, 3.8) is 0 Å². The van der Waals surface area contributed by atoms with Crippen LogP contribution in [-0.4, -0.2) is 38.2 Å². The lowest BCUT2D eigenvalue weighted by atomic mass is 9.79. The zero-order chi connectivity index (χ0) is 21.1. The molecular weight excluding hydrogens is 376 g/mol. The van der Waals surface area contributed by atoms with Crippen LogP contribution in [0, 0.1) is 13.8 Å². The average molecular weight is 405 g/mol. The Hall–Kier alpha value is -3.22. The van der Waals surface area contributed by atoms with Crippen molar-refractivity contribution < 1.29 is 4.79 Å². The summed E-state index contributed by atoms with van der Waals surface area (Å²) in [4.78, 5) is 15.0. The first-order chi connectivity index (χ1) is 14.5. The number of benzene rings is 2. The first-order valence-corrected chi connectivity index (χ1v) is 10.5. The van der Waals surface area contributed by atoms with Gasteiger partial charge in [0.15, 0.2) is 5.82 Å². The number of aromatic nitrogens is 4. The van der Waals surface area contributed by atoms with Crippen molar-refractivity contribution in [3.05, 3.63) is 65.5 Å². The van der Waals surface area contributed by atoms with Gasteiger partial charge in [-0.3, -0.25) is 0 Å². The molecule has 1 fully saturated rings. The Kier molecular flexibility index (Phi) is 5.53. The molecule has 2 aromatic carbocycles. The van der Waals surface area contributed by atoms with Crippen molar-refractivity contribution in [2.45, 2.75) is 51.5 Å². The Bertz CT molecular complexity index is 1000. The van der Waals surface area contributed by atoms with Gasteiger partial charge in [0.1, 0.15) is 5.54 Å². The summed E-state index contributed by atoms with van der Waals surface area (Å²) in [6, 6.07) is 15.5. The van der Waals surface area contributed by atoms with Gasteiger partial charge in [0.05, 0.1) is 5.69 Å². The Labute approximate surface area is 177 Å². The summed E-state index contributed by atoms with van der Waals surface area (Å²) in [5, 5.41) is 15.9. The first kappa shape index (κ1) is 20.1. The fourth-order valence-electron chi connectivity index (χ4n) is 4.54. The lowest BCUT2D eigenvalue weighted by Gasteiger charge is -2.43.